The van der Waals surface area contributed by atoms with Gasteiger partial charge in [0, 0.05) is 0 Å². The smallest absolute Gasteiger partial charge is 0.288 e. The minimum absolute atomic E-state index is 0.249. The standard InChI is InChI=1S/C6H3F6N3O/c7-5(8,9)2-1-3(6(10,11)12)14-4(13-2)15-16/h1,16H,(H,13,14,15). The van der Waals surface area contributed by atoms with E-state index in [1.165, 1.54) is 0 Å². The van der Waals surface area contributed by atoms with Crippen molar-refractivity contribution < 1.29 is 31.5 Å². The maximum atomic E-state index is 12.1. The van der Waals surface area contributed by atoms with Crippen LogP contribution in [-0.2, 0) is 12.4 Å². The lowest BCUT2D eigenvalue weighted by molar-refractivity contribution is -0.147. The van der Waals surface area contributed by atoms with Crippen molar-refractivity contribution in [1.29, 1.82) is 0 Å². The van der Waals surface area contributed by atoms with Crippen LogP contribution in [0.25, 0.3) is 0 Å². The first-order valence-electron chi connectivity index (χ1n) is 3.58. The summed E-state index contributed by atoms with van der Waals surface area (Å²) >= 11 is 0. The Hall–Kier alpha value is -1.58. The summed E-state index contributed by atoms with van der Waals surface area (Å²) in [7, 11) is 0. The third-order valence-corrected chi connectivity index (χ3v) is 1.41. The highest BCUT2D eigenvalue weighted by atomic mass is 19.4. The molecule has 4 nitrogen and oxygen atoms in total. The Kier molecular flexibility index (Phi) is 2.95. The van der Waals surface area contributed by atoms with E-state index in [-0.39, 0.29) is 6.07 Å². The third kappa shape index (κ3) is 2.72. The maximum absolute atomic E-state index is 12.1. The van der Waals surface area contributed by atoms with E-state index in [0.29, 0.717) is 0 Å². The van der Waals surface area contributed by atoms with E-state index in [4.69, 9.17) is 5.21 Å². The highest BCUT2D eigenvalue weighted by molar-refractivity contribution is 5.28. The number of rotatable bonds is 1. The van der Waals surface area contributed by atoms with Crippen LogP contribution in [0, 0.1) is 0 Å². The van der Waals surface area contributed by atoms with Crippen LogP contribution in [0.2, 0.25) is 0 Å². The molecule has 0 amide bonds. The van der Waals surface area contributed by atoms with Gasteiger partial charge in [0.1, 0.15) is 0 Å². The van der Waals surface area contributed by atoms with Crippen molar-refractivity contribution in [1.82, 2.24) is 9.97 Å². The molecule has 1 aromatic rings. The topological polar surface area (TPSA) is 58.0 Å². The molecule has 0 aliphatic rings. The Labute approximate surface area is 83.9 Å². The molecule has 0 fully saturated rings. The Morgan fingerprint density at radius 1 is 0.938 bits per heavy atom. The first kappa shape index (κ1) is 12.5. The van der Waals surface area contributed by atoms with Gasteiger partial charge in [-0.15, -0.1) is 0 Å². The summed E-state index contributed by atoms with van der Waals surface area (Å²) in [5.41, 5.74) is -2.57. The van der Waals surface area contributed by atoms with E-state index >= 15 is 0 Å². The van der Waals surface area contributed by atoms with Gasteiger partial charge in [0.15, 0.2) is 11.4 Å². The van der Waals surface area contributed by atoms with Crippen molar-refractivity contribution in [2.75, 3.05) is 5.48 Å². The molecule has 0 saturated heterocycles. The molecule has 90 valence electrons. The van der Waals surface area contributed by atoms with Crippen LogP contribution in [0.5, 0.6) is 0 Å². The number of halogens is 6. The summed E-state index contributed by atoms with van der Waals surface area (Å²) < 4.78 is 72.6. The zero-order valence-corrected chi connectivity index (χ0v) is 7.19. The summed E-state index contributed by atoms with van der Waals surface area (Å²) in [6.07, 6.45) is -10.1. The molecule has 0 bridgehead atoms. The van der Waals surface area contributed by atoms with Crippen molar-refractivity contribution in [3.8, 4) is 0 Å². The fourth-order valence-electron chi connectivity index (χ4n) is 0.788. The van der Waals surface area contributed by atoms with E-state index in [2.05, 4.69) is 9.97 Å². The first-order valence-corrected chi connectivity index (χ1v) is 3.58. The van der Waals surface area contributed by atoms with E-state index in [9.17, 15) is 26.3 Å². The van der Waals surface area contributed by atoms with Gasteiger partial charge in [-0.05, 0) is 6.07 Å². The molecule has 2 N–H and O–H groups in total. The molecule has 1 heterocycles. The second-order valence-corrected chi connectivity index (χ2v) is 2.57. The second-order valence-electron chi connectivity index (χ2n) is 2.57. The maximum Gasteiger partial charge on any atom is 0.433 e. The number of hydrogen-bond acceptors (Lipinski definition) is 4. The lowest BCUT2D eigenvalue weighted by Crippen LogP contribution is -2.16. The van der Waals surface area contributed by atoms with Crippen molar-refractivity contribution in [3.05, 3.63) is 17.5 Å². The molecule has 0 radical (unpaired) electrons. The minimum Gasteiger partial charge on any atom is -0.288 e. The third-order valence-electron chi connectivity index (χ3n) is 1.41. The molecule has 0 aromatic carbocycles. The number of aromatic nitrogens is 2. The number of alkyl halides is 6. The van der Waals surface area contributed by atoms with E-state index in [1.807, 2.05) is 0 Å². The van der Waals surface area contributed by atoms with Crippen molar-refractivity contribution in [3.63, 3.8) is 0 Å². The van der Waals surface area contributed by atoms with Gasteiger partial charge in [-0.25, -0.2) is 15.4 Å². The molecule has 0 atom stereocenters. The van der Waals surface area contributed by atoms with Crippen LogP contribution in [0.1, 0.15) is 11.4 Å². The summed E-state index contributed by atoms with van der Waals surface area (Å²) in [6.45, 7) is 0. The highest BCUT2D eigenvalue weighted by Crippen LogP contribution is 2.33. The molecule has 1 aromatic heterocycles. The molecule has 0 unspecified atom stereocenters. The number of hydrogen-bond donors (Lipinski definition) is 2. The molecule has 0 aliphatic carbocycles. The van der Waals surface area contributed by atoms with Crippen LogP contribution < -0.4 is 5.48 Å². The first-order chi connectivity index (χ1) is 7.14. The predicted molar refractivity (Wildman–Crippen MR) is 37.4 cm³/mol. The average Bonchev–Trinajstić information content (AvgIpc) is 2.14. The van der Waals surface area contributed by atoms with E-state index < -0.39 is 29.7 Å². The van der Waals surface area contributed by atoms with Gasteiger partial charge in [0.25, 0.3) is 0 Å². The summed E-state index contributed by atoms with van der Waals surface area (Å²) in [5, 5.41) is 8.21. The average molecular weight is 247 g/mol. The van der Waals surface area contributed by atoms with Gasteiger partial charge in [-0.2, -0.15) is 26.3 Å². The van der Waals surface area contributed by atoms with Gasteiger partial charge in [0.2, 0.25) is 5.95 Å². The lowest BCUT2D eigenvalue weighted by atomic mass is 10.3. The quantitative estimate of drug-likeness (QED) is 0.590. The fraction of sp³-hybridized carbons (Fsp3) is 0.333. The van der Waals surface area contributed by atoms with E-state index in [0.717, 1.165) is 5.48 Å². The van der Waals surface area contributed by atoms with Crippen LogP contribution in [0.3, 0.4) is 0 Å². The van der Waals surface area contributed by atoms with Gasteiger partial charge < -0.3 is 0 Å². The normalized spacial score (nSPS) is 12.7. The molecule has 1 rings (SSSR count). The number of nitrogens with zero attached hydrogens (tertiary/aromatic N) is 2. The Balaban J connectivity index is 3.33. The largest absolute Gasteiger partial charge is 0.433 e. The van der Waals surface area contributed by atoms with Gasteiger partial charge in [-0.3, -0.25) is 5.21 Å². The van der Waals surface area contributed by atoms with Crippen molar-refractivity contribution in [2.45, 2.75) is 12.4 Å². The molecular formula is C6H3F6N3O. The van der Waals surface area contributed by atoms with Crippen LogP contribution in [0.4, 0.5) is 32.3 Å². The summed E-state index contributed by atoms with van der Waals surface area (Å²) in [5.74, 6) is -1.18. The monoisotopic (exact) mass is 247 g/mol. The molecule has 0 saturated carbocycles. The van der Waals surface area contributed by atoms with Gasteiger partial charge in [-0.1, -0.05) is 0 Å². The Bertz CT molecular complexity index is 355. The predicted octanol–water partition coefficient (Wildman–Crippen LogP) is 2.32. The molecule has 10 heteroatoms. The molecule has 0 aliphatic heterocycles. The Morgan fingerprint density at radius 3 is 1.56 bits per heavy atom. The number of anilines is 1. The molecule has 0 spiro atoms. The van der Waals surface area contributed by atoms with Crippen molar-refractivity contribution in [2.24, 2.45) is 0 Å². The van der Waals surface area contributed by atoms with Crippen LogP contribution in [-0.4, -0.2) is 15.2 Å². The molecule has 16 heavy (non-hydrogen) atoms. The van der Waals surface area contributed by atoms with Gasteiger partial charge >= 0.3 is 12.4 Å². The van der Waals surface area contributed by atoms with Crippen LogP contribution >= 0.6 is 0 Å². The Morgan fingerprint density at radius 2 is 1.31 bits per heavy atom. The SMILES string of the molecule is ONc1nc(C(F)(F)F)cc(C(F)(F)F)n1. The second kappa shape index (κ2) is 3.77. The summed E-state index contributed by atoms with van der Waals surface area (Å²) in [6, 6.07) is -0.249. The molecular weight excluding hydrogens is 244 g/mol. The lowest BCUT2D eigenvalue weighted by Gasteiger charge is -2.11. The fourth-order valence-corrected chi connectivity index (χ4v) is 0.788. The van der Waals surface area contributed by atoms with Crippen LogP contribution in [0.15, 0.2) is 6.07 Å². The minimum atomic E-state index is -5.06. The zero-order valence-electron chi connectivity index (χ0n) is 7.19. The van der Waals surface area contributed by atoms with E-state index in [1.54, 1.807) is 0 Å². The van der Waals surface area contributed by atoms with Crippen molar-refractivity contribution >= 4 is 5.95 Å². The summed E-state index contributed by atoms with van der Waals surface area (Å²) in [4.78, 5) is 5.28. The zero-order chi connectivity index (χ0) is 12.6. The van der Waals surface area contributed by atoms with Gasteiger partial charge in [0.05, 0.1) is 0 Å². The highest BCUT2D eigenvalue weighted by Gasteiger charge is 2.39. The number of nitrogens with one attached hydrogen (secondary N) is 1.